The fraction of sp³-hybridized carbons (Fsp3) is 0.429. The number of rotatable bonds is 3. The number of hydrogen-bond acceptors (Lipinski definition) is 5. The Balaban J connectivity index is 1.54. The van der Waals surface area contributed by atoms with Crippen molar-refractivity contribution in [1.82, 2.24) is 15.0 Å². The second-order valence-corrected chi connectivity index (χ2v) is 7.95. The van der Waals surface area contributed by atoms with Crippen molar-refractivity contribution in [2.75, 3.05) is 26.2 Å². The van der Waals surface area contributed by atoms with E-state index in [1.807, 2.05) is 29.3 Å². The monoisotopic (exact) mass is 417 g/mol. The lowest BCUT2D eigenvalue weighted by atomic mass is 10.2. The molecule has 21 heavy (non-hydrogen) atoms. The maximum atomic E-state index is 12.4. The number of piperazine rings is 1. The molecule has 0 saturated carbocycles. The summed E-state index contributed by atoms with van der Waals surface area (Å²) < 4.78 is 6.39. The lowest BCUT2D eigenvalue weighted by Crippen LogP contribution is -2.48. The number of aromatic nitrogens is 1. The third kappa shape index (κ3) is 3.64. The van der Waals surface area contributed by atoms with Crippen molar-refractivity contribution >= 4 is 39.8 Å². The lowest BCUT2D eigenvalue weighted by Gasteiger charge is -2.34. The summed E-state index contributed by atoms with van der Waals surface area (Å²) in [5.74, 6) is 1.03. The molecule has 1 aliphatic heterocycles. The van der Waals surface area contributed by atoms with Crippen LogP contribution in [-0.4, -0.2) is 47.0 Å². The van der Waals surface area contributed by atoms with E-state index in [4.69, 9.17) is 4.52 Å². The van der Waals surface area contributed by atoms with Crippen LogP contribution in [0.2, 0.25) is 0 Å². The standard InChI is InChI=1S/C14H16IN3O2S/c1-10-6-12(20-16-10)8-17-2-4-18(5-3-17)14(19)11-7-13(15)21-9-11/h6-7,9H,2-5,8H2,1H3. The molecule has 2 aromatic rings. The Bertz CT molecular complexity index is 632. The highest BCUT2D eigenvalue weighted by Gasteiger charge is 2.23. The van der Waals surface area contributed by atoms with Gasteiger partial charge in [-0.05, 0) is 35.6 Å². The Morgan fingerprint density at radius 3 is 2.71 bits per heavy atom. The molecule has 0 bridgehead atoms. The van der Waals surface area contributed by atoms with Gasteiger partial charge in [-0.25, -0.2) is 0 Å². The summed E-state index contributed by atoms with van der Waals surface area (Å²) in [5, 5.41) is 5.84. The molecule has 112 valence electrons. The second-order valence-electron chi connectivity index (χ2n) is 5.14. The zero-order valence-corrected chi connectivity index (χ0v) is 14.7. The molecule has 0 aromatic carbocycles. The summed E-state index contributed by atoms with van der Waals surface area (Å²) in [6.07, 6.45) is 0. The van der Waals surface area contributed by atoms with Crippen LogP contribution in [0.25, 0.3) is 0 Å². The molecule has 1 amide bonds. The van der Waals surface area contributed by atoms with E-state index in [9.17, 15) is 4.79 Å². The van der Waals surface area contributed by atoms with Gasteiger partial charge in [0, 0.05) is 37.6 Å². The molecule has 0 radical (unpaired) electrons. The van der Waals surface area contributed by atoms with Gasteiger partial charge in [0.2, 0.25) is 0 Å². The predicted molar refractivity (Wildman–Crippen MR) is 89.5 cm³/mol. The van der Waals surface area contributed by atoms with E-state index in [-0.39, 0.29) is 5.91 Å². The van der Waals surface area contributed by atoms with Crippen LogP contribution in [0.1, 0.15) is 21.8 Å². The third-order valence-corrected chi connectivity index (χ3v) is 5.32. The predicted octanol–water partition coefficient (Wildman–Crippen LogP) is 2.61. The van der Waals surface area contributed by atoms with Gasteiger partial charge in [-0.15, -0.1) is 11.3 Å². The van der Waals surface area contributed by atoms with Crippen LogP contribution in [0.4, 0.5) is 0 Å². The molecule has 0 N–H and O–H groups in total. The molecule has 5 nitrogen and oxygen atoms in total. The van der Waals surface area contributed by atoms with Gasteiger partial charge >= 0.3 is 0 Å². The van der Waals surface area contributed by atoms with Crippen LogP contribution in [0.3, 0.4) is 0 Å². The summed E-state index contributed by atoms with van der Waals surface area (Å²) in [5.41, 5.74) is 1.72. The number of nitrogens with zero attached hydrogens (tertiary/aromatic N) is 3. The van der Waals surface area contributed by atoms with E-state index < -0.39 is 0 Å². The van der Waals surface area contributed by atoms with Crippen molar-refractivity contribution in [1.29, 1.82) is 0 Å². The molecular weight excluding hydrogens is 401 g/mol. The second kappa shape index (κ2) is 6.45. The topological polar surface area (TPSA) is 49.6 Å². The number of hydrogen-bond donors (Lipinski definition) is 0. The maximum Gasteiger partial charge on any atom is 0.254 e. The summed E-state index contributed by atoms with van der Waals surface area (Å²) in [6, 6.07) is 3.92. The number of thiophene rings is 1. The molecule has 0 unspecified atom stereocenters. The number of halogens is 1. The molecule has 1 saturated heterocycles. The Kier molecular flexibility index (Phi) is 4.60. The van der Waals surface area contributed by atoms with Gasteiger partial charge < -0.3 is 9.42 Å². The quantitative estimate of drug-likeness (QED) is 0.721. The molecule has 3 rings (SSSR count). The fourth-order valence-electron chi connectivity index (χ4n) is 2.43. The summed E-state index contributed by atoms with van der Waals surface area (Å²) >= 11 is 3.86. The van der Waals surface area contributed by atoms with Crippen molar-refractivity contribution in [3.8, 4) is 0 Å². The van der Waals surface area contributed by atoms with E-state index >= 15 is 0 Å². The molecule has 2 aromatic heterocycles. The van der Waals surface area contributed by atoms with Crippen LogP contribution in [-0.2, 0) is 6.54 Å². The molecule has 1 fully saturated rings. The van der Waals surface area contributed by atoms with E-state index in [1.165, 1.54) is 0 Å². The van der Waals surface area contributed by atoms with Crippen LogP contribution in [0.15, 0.2) is 22.0 Å². The fourth-order valence-corrected chi connectivity index (χ4v) is 3.75. The Morgan fingerprint density at radius 1 is 1.38 bits per heavy atom. The van der Waals surface area contributed by atoms with Crippen molar-refractivity contribution in [2.24, 2.45) is 0 Å². The highest BCUT2D eigenvalue weighted by molar-refractivity contribution is 14.1. The zero-order valence-electron chi connectivity index (χ0n) is 11.7. The molecule has 7 heteroatoms. The number of carbonyl (C=O) groups is 1. The smallest absolute Gasteiger partial charge is 0.254 e. The number of carbonyl (C=O) groups excluding carboxylic acids is 1. The minimum atomic E-state index is 0.143. The van der Waals surface area contributed by atoms with Gasteiger partial charge in [0.1, 0.15) is 0 Å². The average molecular weight is 417 g/mol. The molecule has 0 aliphatic carbocycles. The molecular formula is C14H16IN3O2S. The minimum absolute atomic E-state index is 0.143. The van der Waals surface area contributed by atoms with Gasteiger partial charge in [0.25, 0.3) is 5.91 Å². The summed E-state index contributed by atoms with van der Waals surface area (Å²) in [7, 11) is 0. The van der Waals surface area contributed by atoms with Gasteiger partial charge in [-0.3, -0.25) is 9.69 Å². The third-order valence-electron chi connectivity index (χ3n) is 3.53. The maximum absolute atomic E-state index is 12.4. The lowest BCUT2D eigenvalue weighted by molar-refractivity contribution is 0.0618. The highest BCUT2D eigenvalue weighted by Crippen LogP contribution is 2.19. The van der Waals surface area contributed by atoms with E-state index in [0.29, 0.717) is 0 Å². The SMILES string of the molecule is Cc1cc(CN2CCN(C(=O)c3csc(I)c3)CC2)on1. The summed E-state index contributed by atoms with van der Waals surface area (Å²) in [6.45, 7) is 5.95. The van der Waals surface area contributed by atoms with Crippen LogP contribution >= 0.6 is 33.9 Å². The Morgan fingerprint density at radius 2 is 2.14 bits per heavy atom. The van der Waals surface area contributed by atoms with Gasteiger partial charge in [0.05, 0.1) is 20.7 Å². The normalized spacial score (nSPS) is 16.4. The molecule has 1 aliphatic rings. The largest absolute Gasteiger partial charge is 0.360 e. The first-order chi connectivity index (χ1) is 10.1. The molecule has 3 heterocycles. The van der Waals surface area contributed by atoms with Crippen molar-refractivity contribution in [3.63, 3.8) is 0 Å². The first kappa shape index (κ1) is 15.0. The van der Waals surface area contributed by atoms with Crippen molar-refractivity contribution in [2.45, 2.75) is 13.5 Å². The number of amides is 1. The van der Waals surface area contributed by atoms with Crippen molar-refractivity contribution < 1.29 is 9.32 Å². The first-order valence-corrected chi connectivity index (χ1v) is 8.75. The van der Waals surface area contributed by atoms with Crippen LogP contribution < -0.4 is 0 Å². The van der Waals surface area contributed by atoms with E-state index in [1.54, 1.807) is 11.3 Å². The van der Waals surface area contributed by atoms with E-state index in [0.717, 1.165) is 52.6 Å². The Hall–Kier alpha value is -0.930. The van der Waals surface area contributed by atoms with Crippen LogP contribution in [0.5, 0.6) is 0 Å². The zero-order chi connectivity index (χ0) is 14.8. The van der Waals surface area contributed by atoms with Gasteiger partial charge in [-0.2, -0.15) is 0 Å². The minimum Gasteiger partial charge on any atom is -0.360 e. The van der Waals surface area contributed by atoms with Crippen LogP contribution in [0, 0.1) is 9.81 Å². The van der Waals surface area contributed by atoms with Gasteiger partial charge in [0.15, 0.2) is 5.76 Å². The first-order valence-electron chi connectivity index (χ1n) is 6.79. The summed E-state index contributed by atoms with van der Waals surface area (Å²) in [4.78, 5) is 16.6. The molecule has 0 atom stereocenters. The van der Waals surface area contributed by atoms with Gasteiger partial charge in [-0.1, -0.05) is 5.16 Å². The van der Waals surface area contributed by atoms with E-state index in [2.05, 4.69) is 32.6 Å². The molecule has 0 spiro atoms. The number of aryl methyl sites for hydroxylation is 1. The highest BCUT2D eigenvalue weighted by atomic mass is 127. The average Bonchev–Trinajstić information content (AvgIpc) is 3.08. The Labute approximate surface area is 141 Å². The van der Waals surface area contributed by atoms with Crippen molar-refractivity contribution in [3.05, 3.63) is 37.4 Å².